The van der Waals surface area contributed by atoms with Crippen molar-refractivity contribution < 1.29 is 19.1 Å². The van der Waals surface area contributed by atoms with Crippen LogP contribution in [0.25, 0.3) is 0 Å². The van der Waals surface area contributed by atoms with Gasteiger partial charge in [-0.05, 0) is 41.6 Å². The third kappa shape index (κ3) is 5.18. The second kappa shape index (κ2) is 9.30. The predicted molar refractivity (Wildman–Crippen MR) is 112 cm³/mol. The summed E-state index contributed by atoms with van der Waals surface area (Å²) in [4.78, 5) is 37.9. The molecule has 3 rings (SSSR count). The largest absolute Gasteiger partial charge is 0.425 e. The lowest BCUT2D eigenvalue weighted by Crippen LogP contribution is -2.46. The van der Waals surface area contributed by atoms with E-state index >= 15 is 0 Å². The van der Waals surface area contributed by atoms with Crippen molar-refractivity contribution in [2.75, 3.05) is 0 Å². The van der Waals surface area contributed by atoms with Gasteiger partial charge in [-0.2, -0.15) is 0 Å². The van der Waals surface area contributed by atoms with Crippen LogP contribution in [0.15, 0.2) is 72.1 Å². The molecule has 0 spiro atoms. The number of hydrogen-bond donors (Lipinski definition) is 1. The van der Waals surface area contributed by atoms with Crippen LogP contribution in [-0.2, 0) is 4.79 Å². The normalized spacial score (nSPS) is 11.7. The van der Waals surface area contributed by atoms with Gasteiger partial charge in [0.25, 0.3) is 5.91 Å². The molecule has 0 bridgehead atoms. The van der Waals surface area contributed by atoms with Gasteiger partial charge in [-0.3, -0.25) is 9.59 Å². The van der Waals surface area contributed by atoms with E-state index in [2.05, 4.69) is 5.32 Å². The molecule has 0 radical (unpaired) electrons. The van der Waals surface area contributed by atoms with Crippen molar-refractivity contribution in [3.05, 3.63) is 88.1 Å². The van der Waals surface area contributed by atoms with Gasteiger partial charge in [0, 0.05) is 11.1 Å². The highest BCUT2D eigenvalue weighted by atomic mass is 32.1. The molecule has 3 aromatic rings. The zero-order valence-electron chi connectivity index (χ0n) is 16.1. The van der Waals surface area contributed by atoms with Crippen LogP contribution < -0.4 is 10.1 Å². The summed E-state index contributed by atoms with van der Waals surface area (Å²) in [5.41, 5.74) is 1.09. The Hall–Kier alpha value is -3.25. The van der Waals surface area contributed by atoms with Gasteiger partial charge in [0.15, 0.2) is 5.78 Å². The van der Waals surface area contributed by atoms with Crippen LogP contribution in [0.2, 0.25) is 0 Å². The van der Waals surface area contributed by atoms with Gasteiger partial charge in [0.05, 0.1) is 4.88 Å². The molecule has 148 valence electrons. The zero-order chi connectivity index (χ0) is 20.8. The fourth-order valence-electron chi connectivity index (χ4n) is 2.73. The highest BCUT2D eigenvalue weighted by Crippen LogP contribution is 2.17. The van der Waals surface area contributed by atoms with Crippen LogP contribution in [0.4, 0.5) is 0 Å². The van der Waals surface area contributed by atoms with Gasteiger partial charge in [0.2, 0.25) is 0 Å². The summed E-state index contributed by atoms with van der Waals surface area (Å²) < 4.78 is 5.43. The number of carbonyl (C=O) groups is 3. The zero-order valence-corrected chi connectivity index (χ0v) is 16.9. The van der Waals surface area contributed by atoms with Crippen molar-refractivity contribution >= 4 is 29.0 Å². The number of nitrogens with one attached hydrogen (secondary N) is 1. The topological polar surface area (TPSA) is 72.5 Å². The number of esters is 1. The lowest BCUT2D eigenvalue weighted by molar-refractivity contribution is -0.137. The predicted octanol–water partition coefficient (Wildman–Crippen LogP) is 4.34. The van der Waals surface area contributed by atoms with Crippen LogP contribution in [0.5, 0.6) is 5.75 Å². The van der Waals surface area contributed by atoms with Gasteiger partial charge in [0.1, 0.15) is 11.8 Å². The Morgan fingerprint density at radius 2 is 1.52 bits per heavy atom. The molecule has 6 heteroatoms. The highest BCUT2D eigenvalue weighted by Gasteiger charge is 2.27. The minimum Gasteiger partial charge on any atom is -0.425 e. The fourth-order valence-corrected chi connectivity index (χ4v) is 3.35. The molecule has 5 nitrogen and oxygen atoms in total. The van der Waals surface area contributed by atoms with Crippen LogP contribution in [0.1, 0.15) is 39.4 Å². The fraction of sp³-hybridized carbons (Fsp3) is 0.174. The van der Waals surface area contributed by atoms with Crippen molar-refractivity contribution in [1.29, 1.82) is 0 Å². The Kier molecular flexibility index (Phi) is 6.57. The van der Waals surface area contributed by atoms with E-state index in [1.807, 2.05) is 19.9 Å². The highest BCUT2D eigenvalue weighted by molar-refractivity contribution is 7.12. The molecule has 0 saturated carbocycles. The Morgan fingerprint density at radius 3 is 2.10 bits per heavy atom. The Morgan fingerprint density at radius 1 is 0.862 bits per heavy atom. The van der Waals surface area contributed by atoms with E-state index in [-0.39, 0.29) is 17.6 Å². The maximum absolute atomic E-state index is 12.6. The first kappa shape index (κ1) is 20.5. The standard InChI is InChI=1S/C23H21NO4S/c1-15(2)20(24-22(26)19-9-6-14-29-19)23(27)28-18-12-10-17(11-13-18)21(25)16-7-4-3-5-8-16/h3-15,20H,1-2H3,(H,24,26)/t20-/m0/s1. The summed E-state index contributed by atoms with van der Waals surface area (Å²) in [5.74, 6) is -0.792. The van der Waals surface area contributed by atoms with Crippen molar-refractivity contribution in [2.24, 2.45) is 5.92 Å². The molecule has 0 aliphatic heterocycles. The van der Waals surface area contributed by atoms with Crippen LogP contribution in [0, 0.1) is 5.92 Å². The summed E-state index contributed by atoms with van der Waals surface area (Å²) in [5, 5.41) is 4.53. The van der Waals surface area contributed by atoms with Gasteiger partial charge < -0.3 is 10.1 Å². The Bertz CT molecular complexity index is 979. The van der Waals surface area contributed by atoms with Crippen molar-refractivity contribution in [1.82, 2.24) is 5.32 Å². The first-order chi connectivity index (χ1) is 14.0. The number of hydrogen-bond acceptors (Lipinski definition) is 5. The lowest BCUT2D eigenvalue weighted by atomic mass is 10.0. The van der Waals surface area contributed by atoms with Crippen LogP contribution in [0.3, 0.4) is 0 Å². The van der Waals surface area contributed by atoms with Crippen molar-refractivity contribution in [2.45, 2.75) is 19.9 Å². The van der Waals surface area contributed by atoms with Crippen molar-refractivity contribution in [3.63, 3.8) is 0 Å². The first-order valence-corrected chi connectivity index (χ1v) is 10.1. The molecular formula is C23H21NO4S. The molecule has 29 heavy (non-hydrogen) atoms. The molecular weight excluding hydrogens is 386 g/mol. The Balaban J connectivity index is 1.67. The molecule has 0 unspecified atom stereocenters. The maximum Gasteiger partial charge on any atom is 0.334 e. The molecule has 2 aromatic carbocycles. The van der Waals surface area contributed by atoms with E-state index in [1.54, 1.807) is 66.0 Å². The quantitative estimate of drug-likeness (QED) is 0.359. The summed E-state index contributed by atoms with van der Waals surface area (Å²) >= 11 is 1.31. The second-order valence-corrected chi connectivity index (χ2v) is 7.76. The van der Waals surface area contributed by atoms with E-state index in [0.29, 0.717) is 21.8 Å². The number of carbonyl (C=O) groups excluding carboxylic acids is 3. The number of ether oxygens (including phenoxy) is 1. The van der Waals surface area contributed by atoms with Gasteiger partial charge >= 0.3 is 5.97 Å². The second-order valence-electron chi connectivity index (χ2n) is 6.81. The number of thiophene rings is 1. The molecule has 1 atom stereocenters. The van der Waals surface area contributed by atoms with Gasteiger partial charge in [-0.15, -0.1) is 11.3 Å². The molecule has 0 fully saturated rings. The third-order valence-electron chi connectivity index (χ3n) is 4.32. The monoisotopic (exact) mass is 407 g/mol. The molecule has 1 heterocycles. The average Bonchev–Trinajstić information content (AvgIpc) is 3.27. The minimum atomic E-state index is -0.782. The molecule has 0 saturated heterocycles. The Labute approximate surface area is 173 Å². The molecule has 1 amide bonds. The lowest BCUT2D eigenvalue weighted by Gasteiger charge is -2.20. The summed E-state index contributed by atoms with van der Waals surface area (Å²) in [6.07, 6.45) is 0. The van der Waals surface area contributed by atoms with Crippen LogP contribution >= 0.6 is 11.3 Å². The first-order valence-electron chi connectivity index (χ1n) is 9.21. The van der Waals surface area contributed by atoms with Crippen LogP contribution in [-0.4, -0.2) is 23.7 Å². The van der Waals surface area contributed by atoms with E-state index in [1.165, 1.54) is 11.3 Å². The summed E-state index contributed by atoms with van der Waals surface area (Å²) in [7, 11) is 0. The maximum atomic E-state index is 12.6. The van der Waals surface area contributed by atoms with E-state index in [4.69, 9.17) is 4.74 Å². The number of rotatable bonds is 7. The number of amides is 1. The third-order valence-corrected chi connectivity index (χ3v) is 5.19. The van der Waals surface area contributed by atoms with E-state index < -0.39 is 12.0 Å². The molecule has 0 aliphatic carbocycles. The van der Waals surface area contributed by atoms with E-state index in [9.17, 15) is 14.4 Å². The van der Waals surface area contributed by atoms with Crippen molar-refractivity contribution in [3.8, 4) is 5.75 Å². The minimum absolute atomic E-state index is 0.105. The smallest absolute Gasteiger partial charge is 0.334 e. The molecule has 1 N–H and O–H groups in total. The SMILES string of the molecule is CC(C)[C@H](NC(=O)c1cccs1)C(=O)Oc1ccc(C(=O)c2ccccc2)cc1. The molecule has 0 aliphatic rings. The number of ketones is 1. The summed E-state index contributed by atoms with van der Waals surface area (Å²) in [6.45, 7) is 3.67. The molecule has 1 aromatic heterocycles. The average molecular weight is 407 g/mol. The summed E-state index contributed by atoms with van der Waals surface area (Å²) in [6, 6.07) is 18.0. The van der Waals surface area contributed by atoms with Gasteiger partial charge in [-0.25, -0.2) is 4.79 Å². The number of benzene rings is 2. The van der Waals surface area contributed by atoms with Gasteiger partial charge in [-0.1, -0.05) is 50.2 Å². The van der Waals surface area contributed by atoms with E-state index in [0.717, 1.165) is 0 Å².